The van der Waals surface area contributed by atoms with Gasteiger partial charge < -0.3 is 10.8 Å². The molecule has 150 valence electrons. The molecule has 7 nitrogen and oxygen atoms in total. The highest BCUT2D eigenvalue weighted by Gasteiger charge is 2.35. The maximum Gasteiger partial charge on any atom is 0.320 e. The average molecular weight is 377 g/mol. The van der Waals surface area contributed by atoms with Crippen LogP contribution < -0.4 is 16.0 Å². The van der Waals surface area contributed by atoms with Gasteiger partial charge in [0.25, 0.3) is 0 Å². The third-order valence-electron chi connectivity index (χ3n) is 4.30. The molecule has 0 saturated heterocycles. The van der Waals surface area contributed by atoms with E-state index in [1.165, 1.54) is 11.8 Å². The van der Waals surface area contributed by atoms with E-state index in [4.69, 9.17) is 5.73 Å². The Kier molecular flexibility index (Phi) is 8.94. The zero-order valence-electron chi connectivity index (χ0n) is 16.5. The second kappa shape index (κ2) is 10.7. The van der Waals surface area contributed by atoms with Crippen molar-refractivity contribution in [3.05, 3.63) is 30.3 Å². The third kappa shape index (κ3) is 6.67. The molecule has 0 spiro atoms. The highest BCUT2D eigenvalue weighted by atomic mass is 16.4. The number of carboxylic acids is 1. The summed E-state index contributed by atoms with van der Waals surface area (Å²) in [6.07, 6.45) is 1.56. The van der Waals surface area contributed by atoms with E-state index in [9.17, 15) is 19.5 Å². The molecule has 1 aromatic carbocycles. The lowest BCUT2D eigenvalue weighted by atomic mass is 9.99. The number of nitrogens with zero attached hydrogens (tertiary/aromatic N) is 1. The number of benzene rings is 1. The molecule has 1 rings (SSSR count). The number of nitrogens with two attached hydrogens (primary N) is 1. The van der Waals surface area contributed by atoms with Crippen molar-refractivity contribution in [3.63, 3.8) is 0 Å². The fourth-order valence-corrected chi connectivity index (χ4v) is 2.95. The maximum atomic E-state index is 13.4. The number of carbonyl (C=O) groups is 3. The van der Waals surface area contributed by atoms with E-state index in [-0.39, 0.29) is 11.8 Å². The van der Waals surface area contributed by atoms with Crippen molar-refractivity contribution in [3.8, 4) is 0 Å². The predicted octanol–water partition coefficient (Wildman–Crippen LogP) is 2.15. The lowest BCUT2D eigenvalue weighted by Crippen LogP contribution is -2.57. The lowest BCUT2D eigenvalue weighted by molar-refractivity contribution is -0.139. The number of nitrogens with one attached hydrogen (secondary N) is 1. The molecule has 3 atom stereocenters. The number of anilines is 1. The van der Waals surface area contributed by atoms with Gasteiger partial charge in [0.15, 0.2) is 0 Å². The molecular formula is C20H31N3O4. The maximum absolute atomic E-state index is 13.4. The standard InChI is InChI=1S/C20H31N3O4/c1-5-9-16(22-14(4)20(26)27)19(25)23(15-10-7-6-8-11-15)17(18(21)24)12-13(2)3/h6-8,10-11,13-14,16-17,22H,5,9,12H2,1-4H3,(H2,21,24)(H,26,27)/t14-,16+,17+/m1/s1. The van der Waals surface area contributed by atoms with Gasteiger partial charge in [0.1, 0.15) is 12.1 Å². The fourth-order valence-electron chi connectivity index (χ4n) is 2.95. The highest BCUT2D eigenvalue weighted by molar-refractivity contribution is 6.03. The van der Waals surface area contributed by atoms with E-state index in [1.807, 2.05) is 26.8 Å². The molecular weight excluding hydrogens is 346 g/mol. The van der Waals surface area contributed by atoms with E-state index >= 15 is 0 Å². The van der Waals surface area contributed by atoms with Gasteiger partial charge in [-0.05, 0) is 37.8 Å². The van der Waals surface area contributed by atoms with E-state index < -0.39 is 30.0 Å². The molecule has 2 amide bonds. The normalized spacial score (nSPS) is 14.4. The molecule has 7 heteroatoms. The molecule has 1 aromatic rings. The van der Waals surface area contributed by atoms with Gasteiger partial charge in [-0.15, -0.1) is 0 Å². The molecule has 0 heterocycles. The smallest absolute Gasteiger partial charge is 0.320 e. The predicted molar refractivity (Wildman–Crippen MR) is 105 cm³/mol. The number of hydrogen-bond acceptors (Lipinski definition) is 4. The molecule has 0 unspecified atom stereocenters. The molecule has 0 aliphatic carbocycles. The van der Waals surface area contributed by atoms with Crippen LogP contribution in [0.4, 0.5) is 5.69 Å². The summed E-state index contributed by atoms with van der Waals surface area (Å²) in [4.78, 5) is 38.2. The van der Waals surface area contributed by atoms with Crippen LogP contribution in [-0.4, -0.2) is 41.0 Å². The summed E-state index contributed by atoms with van der Waals surface area (Å²) >= 11 is 0. The Morgan fingerprint density at radius 2 is 1.74 bits per heavy atom. The first kappa shape index (κ1) is 22.6. The molecule has 27 heavy (non-hydrogen) atoms. The number of rotatable bonds is 11. The zero-order valence-corrected chi connectivity index (χ0v) is 16.5. The van der Waals surface area contributed by atoms with Gasteiger partial charge in [-0.1, -0.05) is 45.4 Å². The van der Waals surface area contributed by atoms with Crippen LogP contribution in [-0.2, 0) is 14.4 Å². The summed E-state index contributed by atoms with van der Waals surface area (Å²) in [5.74, 6) is -1.82. The van der Waals surface area contributed by atoms with Crippen LogP contribution >= 0.6 is 0 Å². The average Bonchev–Trinajstić information content (AvgIpc) is 2.60. The van der Waals surface area contributed by atoms with Crippen LogP contribution in [0, 0.1) is 5.92 Å². The van der Waals surface area contributed by atoms with Gasteiger partial charge in [-0.3, -0.25) is 24.6 Å². The zero-order chi connectivity index (χ0) is 20.6. The number of primary amides is 1. The van der Waals surface area contributed by atoms with Crippen molar-refractivity contribution in [1.82, 2.24) is 5.32 Å². The summed E-state index contributed by atoms with van der Waals surface area (Å²) in [5, 5.41) is 12.1. The van der Waals surface area contributed by atoms with E-state index in [1.54, 1.807) is 24.3 Å². The molecule has 0 radical (unpaired) electrons. The van der Waals surface area contributed by atoms with Crippen LogP contribution in [0.5, 0.6) is 0 Å². The summed E-state index contributed by atoms with van der Waals surface area (Å²) < 4.78 is 0. The van der Waals surface area contributed by atoms with Gasteiger partial charge in [-0.2, -0.15) is 0 Å². The first-order valence-electron chi connectivity index (χ1n) is 9.35. The van der Waals surface area contributed by atoms with Gasteiger partial charge in [0, 0.05) is 5.69 Å². The summed E-state index contributed by atoms with van der Waals surface area (Å²) in [6, 6.07) is 6.46. The minimum absolute atomic E-state index is 0.150. The van der Waals surface area contributed by atoms with Crippen LogP contribution in [0.3, 0.4) is 0 Å². The number of hydrogen-bond donors (Lipinski definition) is 3. The minimum atomic E-state index is -1.04. The largest absolute Gasteiger partial charge is 0.480 e. The Morgan fingerprint density at radius 1 is 1.15 bits per heavy atom. The Hall–Kier alpha value is -2.41. The Bertz CT molecular complexity index is 633. The number of para-hydroxylation sites is 1. The second-order valence-electron chi connectivity index (χ2n) is 7.16. The van der Waals surface area contributed by atoms with Crippen molar-refractivity contribution in [1.29, 1.82) is 0 Å². The van der Waals surface area contributed by atoms with Gasteiger partial charge in [0.05, 0.1) is 6.04 Å². The van der Waals surface area contributed by atoms with Crippen molar-refractivity contribution in [2.24, 2.45) is 11.7 Å². The summed E-state index contributed by atoms with van der Waals surface area (Å²) in [6.45, 7) is 7.32. The van der Waals surface area contributed by atoms with E-state index in [2.05, 4.69) is 5.32 Å². The minimum Gasteiger partial charge on any atom is -0.480 e. The highest BCUT2D eigenvalue weighted by Crippen LogP contribution is 2.23. The van der Waals surface area contributed by atoms with Crippen molar-refractivity contribution in [2.75, 3.05) is 4.90 Å². The van der Waals surface area contributed by atoms with Crippen LogP contribution in [0.2, 0.25) is 0 Å². The Morgan fingerprint density at radius 3 is 2.19 bits per heavy atom. The third-order valence-corrected chi connectivity index (χ3v) is 4.30. The first-order valence-corrected chi connectivity index (χ1v) is 9.35. The molecule has 4 N–H and O–H groups in total. The molecule has 0 saturated carbocycles. The first-order chi connectivity index (χ1) is 12.7. The van der Waals surface area contributed by atoms with Gasteiger partial charge in [0.2, 0.25) is 11.8 Å². The van der Waals surface area contributed by atoms with Crippen LogP contribution in [0.15, 0.2) is 30.3 Å². The topological polar surface area (TPSA) is 113 Å². The summed E-state index contributed by atoms with van der Waals surface area (Å²) in [7, 11) is 0. The Labute approximate surface area is 160 Å². The molecule has 0 bridgehead atoms. The number of carbonyl (C=O) groups excluding carboxylic acids is 2. The number of carboxylic acid groups (broad SMARTS) is 1. The monoisotopic (exact) mass is 377 g/mol. The number of aliphatic carboxylic acids is 1. The van der Waals surface area contributed by atoms with Crippen molar-refractivity contribution in [2.45, 2.75) is 65.1 Å². The molecule has 0 aromatic heterocycles. The molecule has 0 fully saturated rings. The fraction of sp³-hybridized carbons (Fsp3) is 0.550. The number of amides is 2. The van der Waals surface area contributed by atoms with Crippen LogP contribution in [0.25, 0.3) is 0 Å². The van der Waals surface area contributed by atoms with Gasteiger partial charge >= 0.3 is 5.97 Å². The van der Waals surface area contributed by atoms with E-state index in [0.29, 0.717) is 24.9 Å². The molecule has 0 aliphatic heterocycles. The van der Waals surface area contributed by atoms with Crippen LogP contribution in [0.1, 0.15) is 47.0 Å². The van der Waals surface area contributed by atoms with Crippen molar-refractivity contribution < 1.29 is 19.5 Å². The molecule has 0 aliphatic rings. The van der Waals surface area contributed by atoms with Crippen molar-refractivity contribution >= 4 is 23.5 Å². The van der Waals surface area contributed by atoms with Gasteiger partial charge in [-0.25, -0.2) is 0 Å². The quantitative estimate of drug-likeness (QED) is 0.547. The SMILES string of the molecule is CCC[C@H](N[C@H](C)C(=O)O)C(=O)N(c1ccccc1)[C@@H](CC(C)C)C(N)=O. The lowest BCUT2D eigenvalue weighted by Gasteiger charge is -2.34. The van der Waals surface area contributed by atoms with E-state index in [0.717, 1.165) is 0 Å². The Balaban J connectivity index is 3.31. The second-order valence-corrected chi connectivity index (χ2v) is 7.16. The summed E-state index contributed by atoms with van der Waals surface area (Å²) in [5.41, 5.74) is 6.20.